The van der Waals surface area contributed by atoms with Crippen LogP contribution in [-0.4, -0.2) is 44.8 Å². The maximum Gasteiger partial charge on any atom is 0.249 e. The lowest BCUT2D eigenvalue weighted by molar-refractivity contribution is 0.0999. The van der Waals surface area contributed by atoms with Crippen LogP contribution in [0.3, 0.4) is 0 Å². The summed E-state index contributed by atoms with van der Waals surface area (Å²) in [4.78, 5) is 11.4. The molecule has 112 valence electrons. The quantitative estimate of drug-likeness (QED) is 0.827. The van der Waals surface area contributed by atoms with Gasteiger partial charge in [-0.25, -0.2) is 8.42 Å². The molecule has 1 aromatic carbocycles. The average molecular weight is 320 g/mol. The number of nitrogens with zero attached hydrogens (tertiary/aromatic N) is 1. The maximum absolute atomic E-state index is 12.4. The molecule has 1 aromatic rings. The molecule has 0 aromatic heterocycles. The monoisotopic (exact) mass is 319 g/mol. The van der Waals surface area contributed by atoms with Crippen molar-refractivity contribution in [3.05, 3.63) is 29.3 Å². The molecule has 2 rings (SSSR count). The minimum Gasteiger partial charge on any atom is -0.366 e. The van der Waals surface area contributed by atoms with Gasteiger partial charge in [-0.2, -0.15) is 4.31 Å². The van der Waals surface area contributed by atoms with Crippen LogP contribution in [0.25, 0.3) is 0 Å². The summed E-state index contributed by atoms with van der Waals surface area (Å²) in [6.45, 7) is 3.85. The Morgan fingerprint density at radius 3 is 2.45 bits per heavy atom. The Balaban J connectivity index is 0.00000200. The number of amides is 1. The predicted octanol–water partition coefficient (Wildman–Crippen LogP) is 0.110. The topological polar surface area (TPSA) is 92.5 Å². The number of rotatable bonds is 3. The van der Waals surface area contributed by atoms with Gasteiger partial charge in [0.25, 0.3) is 0 Å². The van der Waals surface area contributed by atoms with Crippen molar-refractivity contribution < 1.29 is 13.2 Å². The van der Waals surface area contributed by atoms with Gasteiger partial charge in [0.2, 0.25) is 15.9 Å². The normalized spacial score (nSPS) is 16.4. The molecule has 3 N–H and O–H groups in total. The summed E-state index contributed by atoms with van der Waals surface area (Å²) in [5.74, 6) is -0.616. The summed E-state index contributed by atoms with van der Waals surface area (Å²) in [5, 5.41) is 3.10. The third-order valence-electron chi connectivity index (χ3n) is 3.19. The lowest BCUT2D eigenvalue weighted by atomic mass is 10.1. The molecule has 0 unspecified atom stereocenters. The molecule has 1 amide bonds. The number of carbonyl (C=O) groups excluding carboxylic acids is 1. The second-order valence-electron chi connectivity index (χ2n) is 4.50. The fraction of sp³-hybridized carbons (Fsp3) is 0.417. The molecule has 0 radical (unpaired) electrons. The van der Waals surface area contributed by atoms with Crippen molar-refractivity contribution in [1.29, 1.82) is 0 Å². The molecule has 1 saturated heterocycles. The van der Waals surface area contributed by atoms with E-state index in [1.54, 1.807) is 13.0 Å². The van der Waals surface area contributed by atoms with E-state index in [2.05, 4.69) is 5.32 Å². The lowest BCUT2D eigenvalue weighted by Gasteiger charge is -2.26. The summed E-state index contributed by atoms with van der Waals surface area (Å²) in [6, 6.07) is 4.48. The van der Waals surface area contributed by atoms with Gasteiger partial charge in [0.05, 0.1) is 4.90 Å². The SMILES string of the molecule is Cc1ccc(S(=O)(=O)N2CCNCC2)cc1C(N)=O.Cl. The smallest absolute Gasteiger partial charge is 0.249 e. The van der Waals surface area contributed by atoms with Gasteiger partial charge in [-0.05, 0) is 24.6 Å². The maximum atomic E-state index is 12.4. The highest BCUT2D eigenvalue weighted by Crippen LogP contribution is 2.19. The number of nitrogens with two attached hydrogens (primary N) is 1. The van der Waals surface area contributed by atoms with E-state index in [0.717, 1.165) is 0 Å². The molecule has 0 bridgehead atoms. The number of aryl methyl sites for hydroxylation is 1. The molecule has 0 atom stereocenters. The minimum absolute atomic E-state index is 0. The van der Waals surface area contributed by atoms with Gasteiger partial charge in [0.15, 0.2) is 0 Å². The van der Waals surface area contributed by atoms with E-state index in [-0.39, 0.29) is 22.9 Å². The van der Waals surface area contributed by atoms with E-state index in [1.165, 1.54) is 16.4 Å². The number of sulfonamides is 1. The summed E-state index contributed by atoms with van der Waals surface area (Å²) >= 11 is 0. The molecule has 0 aliphatic carbocycles. The first-order valence-electron chi connectivity index (χ1n) is 6.04. The van der Waals surface area contributed by atoms with Gasteiger partial charge < -0.3 is 11.1 Å². The third kappa shape index (κ3) is 3.29. The van der Waals surface area contributed by atoms with Crippen molar-refractivity contribution >= 4 is 28.3 Å². The number of primary amides is 1. The van der Waals surface area contributed by atoms with E-state index in [0.29, 0.717) is 31.7 Å². The average Bonchev–Trinajstić information content (AvgIpc) is 2.39. The Bertz CT molecular complexity index is 598. The van der Waals surface area contributed by atoms with Crippen LogP contribution in [0.4, 0.5) is 0 Å². The number of halogens is 1. The summed E-state index contributed by atoms with van der Waals surface area (Å²) in [5.41, 5.74) is 6.17. The zero-order valence-electron chi connectivity index (χ0n) is 11.1. The largest absolute Gasteiger partial charge is 0.366 e. The zero-order chi connectivity index (χ0) is 14.0. The highest BCUT2D eigenvalue weighted by atomic mass is 35.5. The number of hydrogen-bond donors (Lipinski definition) is 2. The van der Waals surface area contributed by atoms with Crippen molar-refractivity contribution in [2.45, 2.75) is 11.8 Å². The summed E-state index contributed by atoms with van der Waals surface area (Å²) < 4.78 is 26.3. The van der Waals surface area contributed by atoms with Gasteiger partial charge in [-0.3, -0.25) is 4.79 Å². The molecule has 8 heteroatoms. The van der Waals surface area contributed by atoms with E-state index < -0.39 is 15.9 Å². The van der Waals surface area contributed by atoms with Crippen LogP contribution in [0.1, 0.15) is 15.9 Å². The molecular formula is C12H18ClN3O3S. The Labute approximate surface area is 124 Å². The number of hydrogen-bond acceptors (Lipinski definition) is 4. The fourth-order valence-corrected chi connectivity index (χ4v) is 3.53. The Hall–Kier alpha value is -1.15. The molecule has 1 aliphatic rings. The van der Waals surface area contributed by atoms with E-state index >= 15 is 0 Å². The van der Waals surface area contributed by atoms with Gasteiger partial charge >= 0.3 is 0 Å². The minimum atomic E-state index is -3.55. The summed E-state index contributed by atoms with van der Waals surface area (Å²) in [6.07, 6.45) is 0. The molecule has 0 saturated carbocycles. The lowest BCUT2D eigenvalue weighted by Crippen LogP contribution is -2.46. The van der Waals surface area contributed by atoms with Crippen LogP contribution in [0.2, 0.25) is 0 Å². The van der Waals surface area contributed by atoms with Crippen molar-refractivity contribution in [1.82, 2.24) is 9.62 Å². The highest BCUT2D eigenvalue weighted by Gasteiger charge is 2.26. The number of piperazine rings is 1. The van der Waals surface area contributed by atoms with Crippen LogP contribution in [-0.2, 0) is 10.0 Å². The Morgan fingerprint density at radius 2 is 1.90 bits per heavy atom. The van der Waals surface area contributed by atoms with Gasteiger partial charge in [0.1, 0.15) is 0 Å². The first-order chi connectivity index (χ1) is 8.93. The Kier molecular flexibility index (Phi) is 5.52. The van der Waals surface area contributed by atoms with Crippen LogP contribution in [0.5, 0.6) is 0 Å². The van der Waals surface area contributed by atoms with Crippen LogP contribution in [0, 0.1) is 6.92 Å². The third-order valence-corrected chi connectivity index (χ3v) is 5.08. The second-order valence-corrected chi connectivity index (χ2v) is 6.43. The van der Waals surface area contributed by atoms with Crippen molar-refractivity contribution in [2.75, 3.05) is 26.2 Å². The predicted molar refractivity (Wildman–Crippen MR) is 78.6 cm³/mol. The van der Waals surface area contributed by atoms with Crippen LogP contribution in [0.15, 0.2) is 23.1 Å². The van der Waals surface area contributed by atoms with Gasteiger partial charge in [-0.15, -0.1) is 12.4 Å². The number of benzene rings is 1. The van der Waals surface area contributed by atoms with E-state index in [4.69, 9.17) is 5.73 Å². The molecule has 1 heterocycles. The molecular weight excluding hydrogens is 302 g/mol. The molecule has 6 nitrogen and oxygen atoms in total. The van der Waals surface area contributed by atoms with Gasteiger partial charge in [-0.1, -0.05) is 6.07 Å². The van der Waals surface area contributed by atoms with E-state index in [9.17, 15) is 13.2 Å². The number of nitrogens with one attached hydrogen (secondary N) is 1. The second kappa shape index (κ2) is 6.53. The fourth-order valence-electron chi connectivity index (χ4n) is 2.06. The molecule has 0 spiro atoms. The van der Waals surface area contributed by atoms with Crippen molar-refractivity contribution in [2.24, 2.45) is 5.73 Å². The van der Waals surface area contributed by atoms with Crippen molar-refractivity contribution in [3.8, 4) is 0 Å². The standard InChI is InChI=1S/C12H17N3O3S.ClH/c1-9-2-3-10(8-11(9)12(13)16)19(17,18)15-6-4-14-5-7-15;/h2-3,8,14H,4-7H2,1H3,(H2,13,16);1H. The first kappa shape index (κ1) is 16.9. The number of carbonyl (C=O) groups is 1. The van der Waals surface area contributed by atoms with Crippen LogP contribution < -0.4 is 11.1 Å². The first-order valence-corrected chi connectivity index (χ1v) is 7.48. The van der Waals surface area contributed by atoms with Crippen molar-refractivity contribution in [3.63, 3.8) is 0 Å². The summed E-state index contributed by atoms with van der Waals surface area (Å²) in [7, 11) is -3.55. The highest BCUT2D eigenvalue weighted by molar-refractivity contribution is 7.89. The Morgan fingerprint density at radius 1 is 1.30 bits per heavy atom. The zero-order valence-corrected chi connectivity index (χ0v) is 12.8. The molecule has 20 heavy (non-hydrogen) atoms. The molecule has 1 aliphatic heterocycles. The van der Waals surface area contributed by atoms with Crippen LogP contribution >= 0.6 is 12.4 Å². The van der Waals surface area contributed by atoms with E-state index in [1.807, 2.05) is 0 Å². The van der Waals surface area contributed by atoms with Gasteiger partial charge in [0, 0.05) is 31.7 Å². The molecule has 1 fully saturated rings.